The Balaban J connectivity index is 2.01. The first-order valence-electron chi connectivity index (χ1n) is 6.55. The summed E-state index contributed by atoms with van der Waals surface area (Å²) in [4.78, 5) is 27.6. The van der Waals surface area contributed by atoms with Gasteiger partial charge in [0, 0.05) is 41.7 Å². The van der Waals surface area contributed by atoms with E-state index < -0.39 is 0 Å². The molecule has 0 aromatic heterocycles. The van der Waals surface area contributed by atoms with Gasteiger partial charge in [0.15, 0.2) is 0 Å². The summed E-state index contributed by atoms with van der Waals surface area (Å²) in [5.74, 6) is 0.154. The number of benzene rings is 1. The standard InChI is InChI=1S/C14H16ClIN2O2/c1-2-13(19)17-5-7-18(8-6-17)14(20)10-3-4-11(15)12(16)9-10/h3-4,9H,2,5-8H2,1H3. The molecule has 6 heteroatoms. The van der Waals surface area contributed by atoms with E-state index in [1.165, 1.54) is 0 Å². The summed E-state index contributed by atoms with van der Waals surface area (Å²) in [5, 5.41) is 0.653. The molecule has 1 saturated heterocycles. The van der Waals surface area contributed by atoms with Crippen LogP contribution in [0.1, 0.15) is 23.7 Å². The van der Waals surface area contributed by atoms with Gasteiger partial charge in [-0.2, -0.15) is 0 Å². The molecule has 0 atom stereocenters. The molecular formula is C14H16ClIN2O2. The van der Waals surface area contributed by atoms with Crippen LogP contribution in [-0.2, 0) is 4.79 Å². The summed E-state index contributed by atoms with van der Waals surface area (Å²) in [6, 6.07) is 5.29. The minimum atomic E-state index is 0.00294. The van der Waals surface area contributed by atoms with Crippen LogP contribution in [0, 0.1) is 3.57 Å². The van der Waals surface area contributed by atoms with Crippen molar-refractivity contribution in [3.05, 3.63) is 32.4 Å². The molecule has 0 aliphatic carbocycles. The van der Waals surface area contributed by atoms with Crippen molar-refractivity contribution < 1.29 is 9.59 Å². The number of hydrogen-bond acceptors (Lipinski definition) is 2. The van der Waals surface area contributed by atoms with Crippen molar-refractivity contribution in [1.82, 2.24) is 9.80 Å². The number of amides is 2. The summed E-state index contributed by atoms with van der Waals surface area (Å²) in [7, 11) is 0. The number of carbonyl (C=O) groups is 2. The highest BCUT2D eigenvalue weighted by Gasteiger charge is 2.24. The Morgan fingerprint density at radius 3 is 2.35 bits per heavy atom. The van der Waals surface area contributed by atoms with E-state index in [1.807, 2.05) is 11.8 Å². The Morgan fingerprint density at radius 1 is 1.20 bits per heavy atom. The van der Waals surface area contributed by atoms with Crippen LogP contribution >= 0.6 is 34.2 Å². The summed E-state index contributed by atoms with van der Waals surface area (Å²) >= 11 is 8.08. The largest absolute Gasteiger partial charge is 0.339 e. The molecule has 1 aliphatic heterocycles. The normalized spacial score (nSPS) is 15.3. The monoisotopic (exact) mass is 406 g/mol. The lowest BCUT2D eigenvalue weighted by Gasteiger charge is -2.34. The molecule has 0 spiro atoms. The minimum absolute atomic E-state index is 0.00294. The predicted molar refractivity (Wildman–Crippen MR) is 86.9 cm³/mol. The molecule has 0 saturated carbocycles. The van der Waals surface area contributed by atoms with Crippen molar-refractivity contribution in [2.75, 3.05) is 26.2 Å². The number of piperazine rings is 1. The summed E-state index contributed by atoms with van der Waals surface area (Å²) in [6.45, 7) is 4.26. The van der Waals surface area contributed by atoms with Crippen LogP contribution in [0.5, 0.6) is 0 Å². The van der Waals surface area contributed by atoms with Gasteiger partial charge in [0.25, 0.3) is 5.91 Å². The molecular weight excluding hydrogens is 391 g/mol. The van der Waals surface area contributed by atoms with Gasteiger partial charge in [-0.1, -0.05) is 18.5 Å². The zero-order valence-corrected chi connectivity index (χ0v) is 14.1. The summed E-state index contributed by atoms with van der Waals surface area (Å²) < 4.78 is 0.870. The van der Waals surface area contributed by atoms with Crippen LogP contribution in [0.15, 0.2) is 18.2 Å². The van der Waals surface area contributed by atoms with E-state index >= 15 is 0 Å². The van der Waals surface area contributed by atoms with Gasteiger partial charge in [0.1, 0.15) is 0 Å². The number of halogens is 2. The third kappa shape index (κ3) is 3.44. The van der Waals surface area contributed by atoms with Crippen LogP contribution < -0.4 is 0 Å². The second-order valence-electron chi connectivity index (χ2n) is 4.66. The third-order valence-corrected chi connectivity index (χ3v) is 4.93. The Morgan fingerprint density at radius 2 is 1.80 bits per heavy atom. The van der Waals surface area contributed by atoms with Crippen molar-refractivity contribution in [3.63, 3.8) is 0 Å². The molecule has 1 aromatic rings. The molecule has 1 aromatic carbocycles. The van der Waals surface area contributed by atoms with E-state index in [9.17, 15) is 9.59 Å². The fourth-order valence-electron chi connectivity index (χ4n) is 2.19. The van der Waals surface area contributed by atoms with E-state index in [1.54, 1.807) is 23.1 Å². The van der Waals surface area contributed by atoms with Crippen LogP contribution in [0.2, 0.25) is 5.02 Å². The molecule has 1 heterocycles. The van der Waals surface area contributed by atoms with Gasteiger partial charge in [0.2, 0.25) is 5.91 Å². The molecule has 0 unspecified atom stereocenters. The Bertz CT molecular complexity index is 528. The lowest BCUT2D eigenvalue weighted by atomic mass is 10.2. The molecule has 2 rings (SSSR count). The highest BCUT2D eigenvalue weighted by Crippen LogP contribution is 2.20. The van der Waals surface area contributed by atoms with Gasteiger partial charge in [-0.15, -0.1) is 0 Å². The zero-order valence-electron chi connectivity index (χ0n) is 11.2. The lowest BCUT2D eigenvalue weighted by molar-refractivity contribution is -0.132. The molecule has 2 amide bonds. The van der Waals surface area contributed by atoms with E-state index in [2.05, 4.69) is 22.6 Å². The van der Waals surface area contributed by atoms with Gasteiger partial charge in [-0.05, 0) is 40.8 Å². The second-order valence-corrected chi connectivity index (χ2v) is 6.22. The molecule has 0 radical (unpaired) electrons. The molecule has 0 bridgehead atoms. The molecule has 1 aliphatic rings. The van der Waals surface area contributed by atoms with Crippen LogP contribution in [0.25, 0.3) is 0 Å². The van der Waals surface area contributed by atoms with Crippen LogP contribution in [-0.4, -0.2) is 47.8 Å². The van der Waals surface area contributed by atoms with Crippen LogP contribution in [0.4, 0.5) is 0 Å². The van der Waals surface area contributed by atoms with Gasteiger partial charge in [-0.25, -0.2) is 0 Å². The maximum Gasteiger partial charge on any atom is 0.254 e. The number of rotatable bonds is 2. The molecule has 20 heavy (non-hydrogen) atoms. The van der Waals surface area contributed by atoms with Gasteiger partial charge in [0.05, 0.1) is 5.02 Å². The second kappa shape index (κ2) is 6.76. The maximum absolute atomic E-state index is 12.4. The van der Waals surface area contributed by atoms with Gasteiger partial charge in [-0.3, -0.25) is 9.59 Å². The first-order chi connectivity index (χ1) is 9.52. The summed E-state index contributed by atoms with van der Waals surface area (Å²) in [5.41, 5.74) is 0.647. The Kier molecular flexibility index (Phi) is 5.26. The quantitative estimate of drug-likeness (QED) is 0.709. The molecule has 108 valence electrons. The average molecular weight is 407 g/mol. The highest BCUT2D eigenvalue weighted by molar-refractivity contribution is 14.1. The Labute approximate surface area is 137 Å². The van der Waals surface area contributed by atoms with E-state index in [4.69, 9.17) is 11.6 Å². The van der Waals surface area contributed by atoms with E-state index in [-0.39, 0.29) is 11.8 Å². The van der Waals surface area contributed by atoms with Crippen molar-refractivity contribution in [2.24, 2.45) is 0 Å². The van der Waals surface area contributed by atoms with E-state index in [0.717, 1.165) is 3.57 Å². The molecule has 0 N–H and O–H groups in total. The minimum Gasteiger partial charge on any atom is -0.339 e. The maximum atomic E-state index is 12.4. The number of nitrogens with zero attached hydrogens (tertiary/aromatic N) is 2. The van der Waals surface area contributed by atoms with Crippen molar-refractivity contribution in [2.45, 2.75) is 13.3 Å². The first-order valence-corrected chi connectivity index (χ1v) is 8.00. The smallest absolute Gasteiger partial charge is 0.254 e. The highest BCUT2D eigenvalue weighted by atomic mass is 127. The zero-order chi connectivity index (χ0) is 14.7. The van der Waals surface area contributed by atoms with Gasteiger partial charge < -0.3 is 9.80 Å². The predicted octanol–water partition coefficient (Wildman–Crippen LogP) is 2.64. The summed E-state index contributed by atoms with van der Waals surface area (Å²) in [6.07, 6.45) is 0.517. The number of carbonyl (C=O) groups excluding carboxylic acids is 2. The fraction of sp³-hybridized carbons (Fsp3) is 0.429. The van der Waals surface area contributed by atoms with Crippen molar-refractivity contribution >= 4 is 46.0 Å². The SMILES string of the molecule is CCC(=O)N1CCN(C(=O)c2ccc(Cl)c(I)c2)CC1. The lowest BCUT2D eigenvalue weighted by Crippen LogP contribution is -2.50. The topological polar surface area (TPSA) is 40.6 Å². The van der Waals surface area contributed by atoms with Gasteiger partial charge >= 0.3 is 0 Å². The van der Waals surface area contributed by atoms with E-state index in [0.29, 0.717) is 43.2 Å². The van der Waals surface area contributed by atoms with Crippen molar-refractivity contribution in [1.29, 1.82) is 0 Å². The molecule has 4 nitrogen and oxygen atoms in total. The first kappa shape index (κ1) is 15.6. The van der Waals surface area contributed by atoms with Crippen molar-refractivity contribution in [3.8, 4) is 0 Å². The molecule has 1 fully saturated rings. The third-order valence-electron chi connectivity index (χ3n) is 3.39. The fourth-order valence-corrected chi connectivity index (χ4v) is 2.83. The Hall–Kier alpha value is -0.820. The number of hydrogen-bond donors (Lipinski definition) is 0. The average Bonchev–Trinajstić information content (AvgIpc) is 2.48. The van der Waals surface area contributed by atoms with Crippen LogP contribution in [0.3, 0.4) is 0 Å².